The van der Waals surface area contributed by atoms with Gasteiger partial charge in [-0.3, -0.25) is 19.4 Å². The molecule has 2 heterocycles. The van der Waals surface area contributed by atoms with Crippen LogP contribution in [-0.4, -0.2) is 43.1 Å². The number of carbonyl (C=O) groups is 2. The average Bonchev–Trinajstić information content (AvgIpc) is 3.12. The molecule has 3 aliphatic rings. The summed E-state index contributed by atoms with van der Waals surface area (Å²) in [6.07, 6.45) is 4.34. The third-order valence-electron chi connectivity index (χ3n) is 5.61. The van der Waals surface area contributed by atoms with Crippen molar-refractivity contribution in [2.45, 2.75) is 57.7 Å². The number of benzene rings is 1. The monoisotopic (exact) mass is 448 g/mol. The summed E-state index contributed by atoms with van der Waals surface area (Å²) in [5.41, 5.74) is 0.368. The molecule has 2 amide bonds. The molecule has 0 aromatic heterocycles. The molecule has 1 aliphatic carbocycles. The number of rotatable bonds is 1. The Hall–Kier alpha value is -1.80. The van der Waals surface area contributed by atoms with Gasteiger partial charge in [-0.25, -0.2) is 5.01 Å². The molecule has 2 aliphatic heterocycles. The Balaban J connectivity index is 1.87. The van der Waals surface area contributed by atoms with E-state index >= 15 is 0 Å². The van der Waals surface area contributed by atoms with Crippen LogP contribution in [0.3, 0.4) is 0 Å². The predicted molar refractivity (Wildman–Crippen MR) is 110 cm³/mol. The van der Waals surface area contributed by atoms with Crippen LogP contribution in [0, 0.1) is 0 Å². The summed E-state index contributed by atoms with van der Waals surface area (Å²) in [4.78, 5) is 28.6. The van der Waals surface area contributed by atoms with Crippen molar-refractivity contribution >= 4 is 50.9 Å². The van der Waals surface area contributed by atoms with Gasteiger partial charge in [-0.05, 0) is 42.8 Å². The summed E-state index contributed by atoms with van der Waals surface area (Å²) in [7, 11) is 0. The second-order valence-corrected chi connectivity index (χ2v) is 8.60. The third kappa shape index (κ3) is 2.72. The summed E-state index contributed by atoms with van der Waals surface area (Å²) in [6, 6.07) is 7.78. The number of carbonyl (C=O) groups excluding carboxylic acids is 2. The molecule has 0 N–H and O–H groups in total. The van der Waals surface area contributed by atoms with Gasteiger partial charge in [0.15, 0.2) is 17.1 Å². The van der Waals surface area contributed by atoms with E-state index in [-0.39, 0.29) is 11.8 Å². The van der Waals surface area contributed by atoms with E-state index in [1.807, 2.05) is 29.2 Å². The minimum absolute atomic E-state index is 0.0682. The number of fused-ring (bicyclic) bond motifs is 2. The maximum atomic E-state index is 12.5. The zero-order valence-corrected chi connectivity index (χ0v) is 17.7. The molecule has 2 fully saturated rings. The molecular formula is C19H21BrN4O2S. The highest BCUT2D eigenvalue weighted by Gasteiger charge is 2.60. The van der Waals surface area contributed by atoms with Crippen molar-refractivity contribution in [1.29, 1.82) is 0 Å². The molecule has 1 saturated carbocycles. The van der Waals surface area contributed by atoms with Crippen molar-refractivity contribution in [2.75, 3.05) is 0 Å². The maximum absolute atomic E-state index is 12.5. The van der Waals surface area contributed by atoms with Gasteiger partial charge < -0.3 is 0 Å². The lowest BCUT2D eigenvalue weighted by Crippen LogP contribution is -2.53. The van der Waals surface area contributed by atoms with Crippen LogP contribution in [0.1, 0.15) is 57.7 Å². The molecule has 0 bridgehead atoms. The Morgan fingerprint density at radius 1 is 1.19 bits per heavy atom. The van der Waals surface area contributed by atoms with Crippen LogP contribution in [-0.2, 0) is 9.59 Å². The largest absolute Gasteiger partial charge is 0.275 e. The normalized spacial score (nSPS) is 23.7. The van der Waals surface area contributed by atoms with E-state index < -0.39 is 11.7 Å². The Bertz CT molecular complexity index is 865. The van der Waals surface area contributed by atoms with Crippen molar-refractivity contribution in [2.24, 2.45) is 5.10 Å². The van der Waals surface area contributed by atoms with Gasteiger partial charge in [0, 0.05) is 18.3 Å². The highest BCUT2D eigenvalue weighted by molar-refractivity contribution is 9.10. The fourth-order valence-corrected chi connectivity index (χ4v) is 5.46. The number of amides is 2. The van der Waals surface area contributed by atoms with E-state index in [2.05, 4.69) is 15.9 Å². The number of hydrogen-bond acceptors (Lipinski definition) is 4. The van der Waals surface area contributed by atoms with E-state index in [1.54, 1.807) is 11.8 Å². The minimum atomic E-state index is -0.532. The molecular weight excluding hydrogens is 428 g/mol. The van der Waals surface area contributed by atoms with Crippen LogP contribution in [0.2, 0.25) is 0 Å². The average molecular weight is 449 g/mol. The summed E-state index contributed by atoms with van der Waals surface area (Å²) < 4.78 is 0.915. The molecule has 1 unspecified atom stereocenters. The summed E-state index contributed by atoms with van der Waals surface area (Å²) in [6.45, 7) is 3.07. The molecule has 142 valence electrons. The van der Waals surface area contributed by atoms with Gasteiger partial charge in [-0.2, -0.15) is 5.10 Å². The van der Waals surface area contributed by atoms with E-state index in [4.69, 9.17) is 17.3 Å². The zero-order valence-electron chi connectivity index (χ0n) is 15.3. The number of amidine groups is 1. The van der Waals surface area contributed by atoms with Gasteiger partial charge >= 0.3 is 0 Å². The predicted octanol–water partition coefficient (Wildman–Crippen LogP) is 3.78. The second-order valence-electron chi connectivity index (χ2n) is 7.32. The Labute approximate surface area is 172 Å². The number of thiocarbonyl (C=S) groups is 1. The van der Waals surface area contributed by atoms with Crippen LogP contribution >= 0.6 is 28.1 Å². The van der Waals surface area contributed by atoms with E-state index in [0.29, 0.717) is 5.11 Å². The lowest BCUT2D eigenvalue weighted by molar-refractivity contribution is -0.132. The first-order chi connectivity index (χ1) is 12.9. The van der Waals surface area contributed by atoms with Gasteiger partial charge in [0.2, 0.25) is 11.8 Å². The van der Waals surface area contributed by atoms with Gasteiger partial charge in [0.25, 0.3) is 0 Å². The van der Waals surface area contributed by atoms with Crippen LogP contribution in [0.25, 0.3) is 0 Å². The maximum Gasteiger partial charge on any atom is 0.241 e. The van der Waals surface area contributed by atoms with Crippen LogP contribution in [0.4, 0.5) is 0 Å². The fourth-order valence-electron chi connectivity index (χ4n) is 4.55. The molecule has 1 spiro atoms. The fraction of sp³-hybridized carbons (Fsp3) is 0.474. The van der Waals surface area contributed by atoms with Gasteiger partial charge in [-0.1, -0.05) is 47.3 Å². The quantitative estimate of drug-likeness (QED) is 0.613. The van der Waals surface area contributed by atoms with Crippen molar-refractivity contribution in [3.05, 3.63) is 34.3 Å². The second kappa shape index (κ2) is 6.67. The molecule has 1 aromatic rings. The smallest absolute Gasteiger partial charge is 0.241 e. The Morgan fingerprint density at radius 2 is 1.89 bits per heavy atom. The first kappa shape index (κ1) is 18.6. The molecule has 4 rings (SSSR count). The SMILES string of the molecule is CC(=O)N1N=C2N(C(=S)N(C(C)=O)C23CCCCC3)C1c1cccc(Br)c1. The van der Waals surface area contributed by atoms with Crippen molar-refractivity contribution in [1.82, 2.24) is 14.8 Å². The van der Waals surface area contributed by atoms with Crippen LogP contribution in [0.5, 0.6) is 0 Å². The molecule has 1 saturated heterocycles. The summed E-state index contributed by atoms with van der Waals surface area (Å²) in [5.74, 6) is 0.522. The lowest BCUT2D eigenvalue weighted by Gasteiger charge is -2.38. The number of hydrazone groups is 1. The molecule has 8 heteroatoms. The first-order valence-corrected chi connectivity index (χ1v) is 10.4. The van der Waals surface area contributed by atoms with Crippen molar-refractivity contribution < 1.29 is 9.59 Å². The Kier molecular flexibility index (Phi) is 4.58. The molecule has 6 nitrogen and oxygen atoms in total. The number of nitrogens with zero attached hydrogens (tertiary/aromatic N) is 4. The van der Waals surface area contributed by atoms with Crippen molar-refractivity contribution in [3.63, 3.8) is 0 Å². The van der Waals surface area contributed by atoms with Gasteiger partial charge in [-0.15, -0.1) is 0 Å². The van der Waals surface area contributed by atoms with Crippen molar-refractivity contribution in [3.8, 4) is 0 Å². The topological polar surface area (TPSA) is 56.2 Å². The third-order valence-corrected chi connectivity index (χ3v) is 6.49. The Morgan fingerprint density at radius 3 is 2.48 bits per heavy atom. The zero-order chi connectivity index (χ0) is 19.3. The standard InChI is InChI=1S/C19H21BrN4O2S/c1-12(25)23-18(27)22-16(14-7-6-8-15(20)11-14)24(13(2)26)21-17(22)19(23)9-4-3-5-10-19/h6-8,11,16H,3-5,9-10H2,1-2H3. The van der Waals surface area contributed by atoms with E-state index in [0.717, 1.165) is 48.0 Å². The van der Waals surface area contributed by atoms with Crippen LogP contribution in [0.15, 0.2) is 33.8 Å². The van der Waals surface area contributed by atoms with Gasteiger partial charge in [0.05, 0.1) is 0 Å². The lowest BCUT2D eigenvalue weighted by atomic mass is 9.80. The molecule has 1 aromatic carbocycles. The molecule has 0 radical (unpaired) electrons. The van der Waals surface area contributed by atoms with Gasteiger partial charge in [0.1, 0.15) is 5.54 Å². The summed E-state index contributed by atoms with van der Waals surface area (Å²) in [5, 5.41) is 6.67. The molecule has 1 atom stereocenters. The number of halogens is 1. The summed E-state index contributed by atoms with van der Waals surface area (Å²) >= 11 is 9.26. The minimum Gasteiger partial charge on any atom is -0.275 e. The number of hydrogen-bond donors (Lipinski definition) is 0. The highest BCUT2D eigenvalue weighted by atomic mass is 79.9. The van der Waals surface area contributed by atoms with E-state index in [1.165, 1.54) is 11.9 Å². The molecule has 27 heavy (non-hydrogen) atoms. The van der Waals surface area contributed by atoms with Crippen LogP contribution < -0.4 is 0 Å². The highest BCUT2D eigenvalue weighted by Crippen LogP contribution is 2.48. The van der Waals surface area contributed by atoms with E-state index in [9.17, 15) is 9.59 Å². The first-order valence-electron chi connectivity index (χ1n) is 9.15.